The van der Waals surface area contributed by atoms with Crippen LogP contribution >= 0.6 is 8.03 Å². The number of rotatable bonds is 23. The van der Waals surface area contributed by atoms with Gasteiger partial charge in [-0.25, -0.2) is 0 Å². The molecule has 1 atom stereocenters. The van der Waals surface area contributed by atoms with Crippen LogP contribution in [0.15, 0.2) is 0 Å². The van der Waals surface area contributed by atoms with Crippen molar-refractivity contribution in [2.75, 3.05) is 12.8 Å². The molecule has 0 amide bonds. The Labute approximate surface area is 188 Å². The summed E-state index contributed by atoms with van der Waals surface area (Å²) in [5, 5.41) is 0. The zero-order chi connectivity index (χ0) is 19.8. The van der Waals surface area contributed by atoms with Crippen LogP contribution in [0.4, 0.5) is 0 Å². The third kappa shape index (κ3) is 26.6. The molecule has 0 saturated heterocycles. The van der Waals surface area contributed by atoms with Crippen LogP contribution < -0.4 is 0 Å². The summed E-state index contributed by atoms with van der Waals surface area (Å²) in [6.07, 6.45) is 27.4. The molecular formula is C24H50NiO2P+. The van der Waals surface area contributed by atoms with E-state index in [9.17, 15) is 4.57 Å². The summed E-state index contributed by atoms with van der Waals surface area (Å²) >= 11 is 0. The van der Waals surface area contributed by atoms with Crippen LogP contribution in [0.5, 0.6) is 0 Å². The van der Waals surface area contributed by atoms with E-state index in [4.69, 9.17) is 4.52 Å². The van der Waals surface area contributed by atoms with E-state index in [2.05, 4.69) is 13.8 Å². The summed E-state index contributed by atoms with van der Waals surface area (Å²) < 4.78 is 17.4. The van der Waals surface area contributed by atoms with Gasteiger partial charge in [-0.2, -0.15) is 0 Å². The molecule has 0 spiro atoms. The largest absolute Gasteiger partial charge is 0.508 e. The molecule has 0 aliphatic heterocycles. The fourth-order valence-electron chi connectivity index (χ4n) is 3.55. The zero-order valence-electron chi connectivity index (χ0n) is 19.1. The minimum Gasteiger partial charge on any atom is -0.146 e. The number of hydrogen-bond donors (Lipinski definition) is 0. The second-order valence-electron chi connectivity index (χ2n) is 8.25. The first-order valence-corrected chi connectivity index (χ1v) is 13.7. The Morgan fingerprint density at radius 2 is 0.821 bits per heavy atom. The van der Waals surface area contributed by atoms with Gasteiger partial charge in [-0.3, -0.25) is 0 Å². The average molecular weight is 460 g/mol. The molecule has 0 rings (SSSR count). The molecule has 0 aromatic carbocycles. The van der Waals surface area contributed by atoms with Gasteiger partial charge in [-0.1, -0.05) is 123 Å². The van der Waals surface area contributed by atoms with Crippen LogP contribution in [0.25, 0.3) is 0 Å². The Balaban J connectivity index is 0. The summed E-state index contributed by atoms with van der Waals surface area (Å²) in [6, 6.07) is 0. The standard InChI is InChI=1S/C24H50O2P.Ni/c1-3-5-7-9-11-13-15-17-19-21-23-26-27(25)24-22-20-18-16-14-12-10-8-6-4-2;/h3-24H2,1-2H3;/q+1;. The summed E-state index contributed by atoms with van der Waals surface area (Å²) in [5.41, 5.74) is 0. The molecule has 4 heteroatoms. The Bertz CT molecular complexity index is 300. The predicted molar refractivity (Wildman–Crippen MR) is 122 cm³/mol. The van der Waals surface area contributed by atoms with E-state index in [1.807, 2.05) is 0 Å². The molecule has 0 aliphatic rings. The summed E-state index contributed by atoms with van der Waals surface area (Å²) in [6.45, 7) is 5.24. The molecule has 0 bridgehead atoms. The van der Waals surface area contributed by atoms with Crippen molar-refractivity contribution in [3.05, 3.63) is 0 Å². The zero-order valence-corrected chi connectivity index (χ0v) is 21.0. The van der Waals surface area contributed by atoms with E-state index < -0.39 is 8.03 Å². The van der Waals surface area contributed by atoms with E-state index >= 15 is 0 Å². The molecule has 172 valence electrons. The Kier molecular flexibility index (Phi) is 30.3. The molecule has 0 heterocycles. The van der Waals surface area contributed by atoms with Crippen LogP contribution in [0, 0.1) is 0 Å². The molecule has 28 heavy (non-hydrogen) atoms. The van der Waals surface area contributed by atoms with Crippen molar-refractivity contribution >= 4 is 8.03 Å². The molecule has 0 radical (unpaired) electrons. The minimum atomic E-state index is -1.40. The molecule has 0 aliphatic carbocycles. The molecular weight excluding hydrogens is 410 g/mol. The van der Waals surface area contributed by atoms with Crippen LogP contribution in [0.1, 0.15) is 142 Å². The first-order valence-electron chi connectivity index (χ1n) is 12.4. The second-order valence-corrected chi connectivity index (χ2v) is 9.62. The summed E-state index contributed by atoms with van der Waals surface area (Å²) in [4.78, 5) is 0. The molecule has 0 N–H and O–H groups in total. The van der Waals surface area contributed by atoms with Gasteiger partial charge in [0, 0.05) is 16.5 Å². The van der Waals surface area contributed by atoms with Gasteiger partial charge in [0.05, 0.1) is 0 Å². The monoisotopic (exact) mass is 459 g/mol. The Morgan fingerprint density at radius 3 is 1.21 bits per heavy atom. The SMILES string of the molecule is CCCCCCCCCCCCO[P+](=O)CCCCCCCCCCCC.[Ni]. The maximum Gasteiger partial charge on any atom is 0.508 e. The fourth-order valence-corrected chi connectivity index (χ4v) is 4.49. The molecule has 2 nitrogen and oxygen atoms in total. The van der Waals surface area contributed by atoms with Gasteiger partial charge < -0.3 is 0 Å². The van der Waals surface area contributed by atoms with E-state index in [1.54, 1.807) is 0 Å². The van der Waals surface area contributed by atoms with Gasteiger partial charge in [0.1, 0.15) is 6.61 Å². The molecule has 0 aromatic heterocycles. The topological polar surface area (TPSA) is 26.3 Å². The van der Waals surface area contributed by atoms with Gasteiger partial charge in [0.25, 0.3) is 0 Å². The Morgan fingerprint density at radius 1 is 0.500 bits per heavy atom. The molecule has 0 fully saturated rings. The Hall–Kier alpha value is 0.554. The van der Waals surface area contributed by atoms with Crippen LogP contribution in [-0.4, -0.2) is 12.8 Å². The quantitative estimate of drug-likeness (QED) is 0.0862. The van der Waals surface area contributed by atoms with Gasteiger partial charge in [0.2, 0.25) is 0 Å². The first-order chi connectivity index (χ1) is 13.3. The average Bonchev–Trinajstić information content (AvgIpc) is 2.67. The molecule has 0 saturated carbocycles. The summed E-state index contributed by atoms with van der Waals surface area (Å²) in [7, 11) is -1.40. The van der Waals surface area contributed by atoms with Crippen molar-refractivity contribution in [1.29, 1.82) is 0 Å². The van der Waals surface area contributed by atoms with Gasteiger partial charge >= 0.3 is 8.03 Å². The van der Waals surface area contributed by atoms with E-state index in [0.29, 0.717) is 6.61 Å². The van der Waals surface area contributed by atoms with Crippen molar-refractivity contribution in [2.45, 2.75) is 142 Å². The molecule has 0 aromatic rings. The first kappa shape index (κ1) is 30.7. The fraction of sp³-hybridized carbons (Fsp3) is 1.00. The van der Waals surface area contributed by atoms with E-state index in [1.165, 1.54) is 116 Å². The van der Waals surface area contributed by atoms with Crippen molar-refractivity contribution in [2.24, 2.45) is 0 Å². The van der Waals surface area contributed by atoms with Gasteiger partial charge in [0.15, 0.2) is 6.16 Å². The van der Waals surface area contributed by atoms with Crippen LogP contribution in [-0.2, 0) is 25.6 Å². The van der Waals surface area contributed by atoms with Crippen molar-refractivity contribution in [3.63, 3.8) is 0 Å². The number of hydrogen-bond acceptors (Lipinski definition) is 2. The maximum atomic E-state index is 11.9. The van der Waals surface area contributed by atoms with Crippen LogP contribution in [0.3, 0.4) is 0 Å². The van der Waals surface area contributed by atoms with Gasteiger partial charge in [-0.05, 0) is 23.8 Å². The van der Waals surface area contributed by atoms with E-state index in [-0.39, 0.29) is 16.5 Å². The predicted octanol–water partition coefficient (Wildman–Crippen LogP) is 9.58. The maximum absolute atomic E-state index is 11.9. The summed E-state index contributed by atoms with van der Waals surface area (Å²) in [5.74, 6) is 0. The smallest absolute Gasteiger partial charge is 0.146 e. The van der Waals surface area contributed by atoms with Crippen LogP contribution in [0.2, 0.25) is 0 Å². The van der Waals surface area contributed by atoms with Gasteiger partial charge in [-0.15, -0.1) is 4.52 Å². The van der Waals surface area contributed by atoms with E-state index in [0.717, 1.165) is 19.0 Å². The van der Waals surface area contributed by atoms with Crippen molar-refractivity contribution in [3.8, 4) is 0 Å². The normalized spacial score (nSPS) is 11.4. The minimum absolute atomic E-state index is 0. The molecule has 1 unspecified atom stereocenters. The van der Waals surface area contributed by atoms with Crippen molar-refractivity contribution in [1.82, 2.24) is 0 Å². The second kappa shape index (κ2) is 27.6. The third-order valence-electron chi connectivity index (χ3n) is 5.43. The van der Waals surface area contributed by atoms with Crippen molar-refractivity contribution < 1.29 is 25.6 Å². The third-order valence-corrected chi connectivity index (χ3v) is 6.58. The number of unbranched alkanes of at least 4 members (excludes halogenated alkanes) is 18.